The Kier molecular flexibility index (Phi) is 6.66. The fourth-order valence-electron chi connectivity index (χ4n) is 3.71. The predicted octanol–water partition coefficient (Wildman–Crippen LogP) is 3.11. The van der Waals surface area contributed by atoms with Crippen LogP contribution < -0.4 is 14.4 Å². The lowest BCUT2D eigenvalue weighted by molar-refractivity contribution is 0.0496. The van der Waals surface area contributed by atoms with Crippen LogP contribution in [0, 0.1) is 0 Å². The van der Waals surface area contributed by atoms with Gasteiger partial charge in [0.2, 0.25) is 0 Å². The average molecular weight is 416 g/mol. The maximum atomic E-state index is 13.3. The molecule has 0 radical (unpaired) electrons. The SMILES string of the molecule is C=CCOC(=O)N1c2cc(OCCCC)c(OC)cc2C(=O)N2CC(=C)C[C@H]2[C@@H]1O. The second kappa shape index (κ2) is 9.21. The first kappa shape index (κ1) is 21.7. The molecule has 162 valence electrons. The number of hydrogen-bond donors (Lipinski definition) is 1. The van der Waals surface area contributed by atoms with Crippen LogP contribution in [0.2, 0.25) is 0 Å². The van der Waals surface area contributed by atoms with Gasteiger partial charge < -0.3 is 24.2 Å². The van der Waals surface area contributed by atoms with Crippen molar-refractivity contribution in [2.24, 2.45) is 0 Å². The van der Waals surface area contributed by atoms with E-state index in [1.807, 2.05) is 6.92 Å². The average Bonchev–Trinajstić information content (AvgIpc) is 3.10. The van der Waals surface area contributed by atoms with Gasteiger partial charge in [-0.15, -0.1) is 0 Å². The summed E-state index contributed by atoms with van der Waals surface area (Å²) in [5, 5.41) is 11.1. The van der Waals surface area contributed by atoms with Gasteiger partial charge in [0.1, 0.15) is 6.61 Å². The number of ether oxygens (including phenoxy) is 3. The standard InChI is InChI=1S/C22H28N2O6/c1-5-7-9-29-19-12-16-15(11-18(19)28-4)20(25)23-13-14(3)10-17(23)21(26)24(16)22(27)30-8-6-2/h6,11-12,17,21,26H,2-3,5,7-10,13H2,1,4H3/t17-,21-/m0/s1. The molecule has 0 saturated carbocycles. The van der Waals surface area contributed by atoms with E-state index in [1.54, 1.807) is 12.1 Å². The maximum Gasteiger partial charge on any atom is 0.416 e. The Hall–Kier alpha value is -3.00. The summed E-state index contributed by atoms with van der Waals surface area (Å²) in [5.41, 5.74) is 1.25. The van der Waals surface area contributed by atoms with Crippen molar-refractivity contribution in [2.75, 3.05) is 31.8 Å². The summed E-state index contributed by atoms with van der Waals surface area (Å²) in [5.74, 6) is 0.450. The zero-order chi connectivity index (χ0) is 21.8. The molecule has 1 N–H and O–H groups in total. The number of carbonyl (C=O) groups excluding carboxylic acids is 2. The minimum absolute atomic E-state index is 0.0254. The summed E-state index contributed by atoms with van der Waals surface area (Å²) in [7, 11) is 1.49. The van der Waals surface area contributed by atoms with E-state index in [4.69, 9.17) is 14.2 Å². The maximum absolute atomic E-state index is 13.3. The van der Waals surface area contributed by atoms with Crippen molar-refractivity contribution >= 4 is 17.7 Å². The molecule has 2 amide bonds. The minimum Gasteiger partial charge on any atom is -0.493 e. The Morgan fingerprint density at radius 2 is 2.13 bits per heavy atom. The Morgan fingerprint density at radius 1 is 1.37 bits per heavy atom. The molecule has 2 aliphatic heterocycles. The third-order valence-corrected chi connectivity index (χ3v) is 5.21. The molecular formula is C22H28N2O6. The van der Waals surface area contributed by atoms with Crippen molar-refractivity contribution in [1.82, 2.24) is 4.90 Å². The van der Waals surface area contributed by atoms with Gasteiger partial charge in [-0.05, 0) is 18.9 Å². The molecule has 2 atom stereocenters. The van der Waals surface area contributed by atoms with Crippen molar-refractivity contribution in [3.63, 3.8) is 0 Å². The molecule has 2 heterocycles. The normalized spacial score (nSPS) is 20.4. The number of unbranched alkanes of at least 4 members (excludes halogenated alkanes) is 1. The third-order valence-electron chi connectivity index (χ3n) is 5.21. The predicted molar refractivity (Wildman–Crippen MR) is 112 cm³/mol. The zero-order valence-electron chi connectivity index (χ0n) is 17.4. The molecular weight excluding hydrogens is 388 g/mol. The Balaban J connectivity index is 2.12. The van der Waals surface area contributed by atoms with E-state index >= 15 is 0 Å². The lowest BCUT2D eigenvalue weighted by atomic mass is 10.1. The number of carbonyl (C=O) groups is 2. The van der Waals surface area contributed by atoms with Gasteiger partial charge in [0.15, 0.2) is 17.7 Å². The number of methoxy groups -OCH3 is 1. The first-order valence-corrected chi connectivity index (χ1v) is 10.00. The molecule has 1 aromatic carbocycles. The number of anilines is 1. The molecule has 8 heteroatoms. The van der Waals surface area contributed by atoms with Gasteiger partial charge in [-0.1, -0.05) is 38.2 Å². The molecule has 1 aromatic rings. The molecule has 30 heavy (non-hydrogen) atoms. The fraction of sp³-hybridized carbons (Fsp3) is 0.455. The molecule has 1 saturated heterocycles. The molecule has 0 unspecified atom stereocenters. The molecule has 0 aromatic heterocycles. The number of aliphatic hydroxyl groups excluding tert-OH is 1. The van der Waals surface area contributed by atoms with Crippen LogP contribution in [0.1, 0.15) is 36.5 Å². The zero-order valence-corrected chi connectivity index (χ0v) is 17.4. The summed E-state index contributed by atoms with van der Waals surface area (Å²) in [4.78, 5) is 28.8. The smallest absolute Gasteiger partial charge is 0.416 e. The monoisotopic (exact) mass is 416 g/mol. The van der Waals surface area contributed by atoms with E-state index in [2.05, 4.69) is 13.2 Å². The van der Waals surface area contributed by atoms with Crippen LogP contribution in [0.25, 0.3) is 0 Å². The van der Waals surface area contributed by atoms with Crippen molar-refractivity contribution in [2.45, 2.75) is 38.5 Å². The van der Waals surface area contributed by atoms with Crippen LogP contribution in [-0.2, 0) is 4.74 Å². The summed E-state index contributed by atoms with van der Waals surface area (Å²) in [6, 6.07) is 2.48. The quantitative estimate of drug-likeness (QED) is 0.543. The number of rotatable bonds is 7. The van der Waals surface area contributed by atoms with Gasteiger partial charge in [0.05, 0.1) is 31.0 Å². The minimum atomic E-state index is -1.30. The highest BCUT2D eigenvalue weighted by Gasteiger charge is 2.46. The highest BCUT2D eigenvalue weighted by atomic mass is 16.6. The van der Waals surface area contributed by atoms with E-state index < -0.39 is 18.4 Å². The summed E-state index contributed by atoms with van der Waals surface area (Å²) < 4.78 is 16.5. The second-order valence-corrected chi connectivity index (χ2v) is 7.33. The van der Waals surface area contributed by atoms with Crippen LogP contribution in [-0.4, -0.2) is 61.1 Å². The van der Waals surface area contributed by atoms with E-state index in [0.717, 1.165) is 23.3 Å². The highest BCUT2D eigenvalue weighted by Crippen LogP contribution is 2.41. The number of nitrogens with zero attached hydrogens (tertiary/aromatic N) is 2. The van der Waals surface area contributed by atoms with Gasteiger partial charge in [0, 0.05) is 12.6 Å². The third kappa shape index (κ3) is 4.00. The molecule has 0 spiro atoms. The first-order chi connectivity index (χ1) is 14.4. The van der Waals surface area contributed by atoms with Crippen LogP contribution in [0.4, 0.5) is 10.5 Å². The fourth-order valence-corrected chi connectivity index (χ4v) is 3.71. The van der Waals surface area contributed by atoms with E-state index in [0.29, 0.717) is 31.1 Å². The van der Waals surface area contributed by atoms with Gasteiger partial charge in [0.25, 0.3) is 5.91 Å². The lowest BCUT2D eigenvalue weighted by Gasteiger charge is -2.31. The largest absolute Gasteiger partial charge is 0.493 e. The van der Waals surface area contributed by atoms with Crippen molar-refractivity contribution in [3.8, 4) is 11.5 Å². The molecule has 1 fully saturated rings. The second-order valence-electron chi connectivity index (χ2n) is 7.33. The molecule has 0 aliphatic carbocycles. The lowest BCUT2D eigenvalue weighted by Crippen LogP contribution is -2.50. The Morgan fingerprint density at radius 3 is 2.80 bits per heavy atom. The van der Waals surface area contributed by atoms with Gasteiger partial charge in [-0.2, -0.15) is 0 Å². The van der Waals surface area contributed by atoms with Crippen molar-refractivity contribution in [1.29, 1.82) is 0 Å². The van der Waals surface area contributed by atoms with E-state index in [-0.39, 0.29) is 23.8 Å². The number of hydrogen-bond acceptors (Lipinski definition) is 6. The number of aliphatic hydroxyl groups is 1. The summed E-state index contributed by atoms with van der Waals surface area (Å²) in [6.07, 6.45) is 1.54. The van der Waals surface area contributed by atoms with Crippen LogP contribution in [0.5, 0.6) is 11.5 Å². The van der Waals surface area contributed by atoms with Crippen LogP contribution >= 0.6 is 0 Å². The van der Waals surface area contributed by atoms with Crippen LogP contribution in [0.15, 0.2) is 36.9 Å². The number of amides is 2. The molecule has 3 rings (SSSR count). The Bertz CT molecular complexity index is 852. The first-order valence-electron chi connectivity index (χ1n) is 10.00. The van der Waals surface area contributed by atoms with E-state index in [1.165, 1.54) is 18.1 Å². The highest BCUT2D eigenvalue weighted by molar-refractivity contribution is 6.06. The number of benzene rings is 1. The Labute approximate surface area is 176 Å². The summed E-state index contributed by atoms with van der Waals surface area (Å²) in [6.45, 7) is 10.3. The summed E-state index contributed by atoms with van der Waals surface area (Å²) >= 11 is 0. The van der Waals surface area contributed by atoms with Crippen LogP contribution in [0.3, 0.4) is 0 Å². The van der Waals surface area contributed by atoms with Gasteiger partial charge in [-0.25, -0.2) is 9.69 Å². The topological polar surface area (TPSA) is 88.5 Å². The van der Waals surface area contributed by atoms with Gasteiger partial charge >= 0.3 is 6.09 Å². The molecule has 0 bridgehead atoms. The molecule has 8 nitrogen and oxygen atoms in total. The van der Waals surface area contributed by atoms with Crippen molar-refractivity contribution in [3.05, 3.63) is 42.5 Å². The van der Waals surface area contributed by atoms with E-state index in [9.17, 15) is 14.7 Å². The molecule has 2 aliphatic rings. The number of fused-ring (bicyclic) bond motifs is 2. The van der Waals surface area contributed by atoms with Gasteiger partial charge in [-0.3, -0.25) is 4.79 Å². The van der Waals surface area contributed by atoms with Crippen molar-refractivity contribution < 1.29 is 28.9 Å².